The molecule has 2 atom stereocenters. The predicted molar refractivity (Wildman–Crippen MR) is 103 cm³/mol. The lowest BCUT2D eigenvalue weighted by Gasteiger charge is -2.27. The van der Waals surface area contributed by atoms with Gasteiger partial charge in [0, 0.05) is 6.54 Å². The Hall–Kier alpha value is -1.90. The lowest BCUT2D eigenvalue weighted by atomic mass is 10.0. The molecule has 0 bridgehead atoms. The number of primary amides is 1. The molecule has 0 unspecified atom stereocenters. The van der Waals surface area contributed by atoms with Crippen molar-refractivity contribution >= 4 is 46.4 Å². The van der Waals surface area contributed by atoms with Gasteiger partial charge in [-0.1, -0.05) is 29.3 Å². The van der Waals surface area contributed by atoms with Crippen LogP contribution in [0.1, 0.15) is 36.3 Å². The highest BCUT2D eigenvalue weighted by molar-refractivity contribution is 6.46. The number of rotatable bonds is 5. The quantitative estimate of drug-likeness (QED) is 0.561. The summed E-state index contributed by atoms with van der Waals surface area (Å²) in [7, 11) is 0. The van der Waals surface area contributed by atoms with Crippen molar-refractivity contribution in [1.82, 2.24) is 15.3 Å². The number of piperidine rings is 1. The number of aromatic nitrogens is 2. The van der Waals surface area contributed by atoms with Gasteiger partial charge in [-0.25, -0.2) is 9.37 Å². The first-order chi connectivity index (χ1) is 12.3. The van der Waals surface area contributed by atoms with Gasteiger partial charge in [-0.2, -0.15) is 4.98 Å². The highest BCUT2D eigenvalue weighted by Crippen LogP contribution is 2.33. The second kappa shape index (κ2) is 8.66. The van der Waals surface area contributed by atoms with E-state index in [2.05, 4.69) is 20.6 Å². The predicted octanol–water partition coefficient (Wildman–Crippen LogP) is 2.38. The number of carbonyl (C=O) groups excluding carboxylic acids is 1. The molecule has 1 saturated heterocycles. The molecule has 2 rings (SSSR count). The molecule has 1 aliphatic rings. The van der Waals surface area contributed by atoms with Crippen LogP contribution in [0.25, 0.3) is 5.57 Å². The van der Waals surface area contributed by atoms with E-state index in [0.29, 0.717) is 18.5 Å². The summed E-state index contributed by atoms with van der Waals surface area (Å²) >= 11 is 12.3. The van der Waals surface area contributed by atoms with Gasteiger partial charge in [-0.15, -0.1) is 0 Å². The summed E-state index contributed by atoms with van der Waals surface area (Å²) in [6.07, 6.45) is 1.03. The van der Waals surface area contributed by atoms with E-state index in [1.54, 1.807) is 19.9 Å². The Balaban J connectivity index is 2.47. The molecule has 6 N–H and O–H groups in total. The number of hydrogen-bond donors (Lipinski definition) is 4. The number of halogens is 3. The van der Waals surface area contributed by atoms with Crippen LogP contribution in [0.4, 0.5) is 16.2 Å². The van der Waals surface area contributed by atoms with Gasteiger partial charge in [0.25, 0.3) is 5.91 Å². The van der Waals surface area contributed by atoms with E-state index in [0.717, 1.165) is 0 Å². The zero-order valence-corrected chi connectivity index (χ0v) is 16.0. The van der Waals surface area contributed by atoms with Crippen LogP contribution < -0.4 is 22.1 Å². The van der Waals surface area contributed by atoms with Gasteiger partial charge in [0.15, 0.2) is 0 Å². The fraction of sp³-hybridized carbons (Fsp3) is 0.438. The van der Waals surface area contributed by atoms with Gasteiger partial charge in [0.05, 0.1) is 21.7 Å². The number of anilines is 2. The number of carbonyl (C=O) groups is 1. The van der Waals surface area contributed by atoms with E-state index in [1.807, 2.05) is 0 Å². The molecular weight excluding hydrogens is 382 g/mol. The Bertz CT molecular complexity index is 767. The van der Waals surface area contributed by atoms with Gasteiger partial charge >= 0.3 is 0 Å². The third kappa shape index (κ3) is 4.44. The van der Waals surface area contributed by atoms with Crippen molar-refractivity contribution in [2.75, 3.05) is 24.1 Å². The van der Waals surface area contributed by atoms with E-state index in [-0.39, 0.29) is 39.6 Å². The van der Waals surface area contributed by atoms with Crippen LogP contribution in [-0.2, 0) is 0 Å². The number of hydrogen-bond acceptors (Lipinski definition) is 6. The molecule has 1 aromatic heterocycles. The average molecular weight is 403 g/mol. The van der Waals surface area contributed by atoms with Gasteiger partial charge in [-0.05, 0) is 32.4 Å². The molecule has 1 fully saturated rings. The molecule has 0 aromatic carbocycles. The summed E-state index contributed by atoms with van der Waals surface area (Å²) in [6.45, 7) is 4.24. The third-order valence-corrected chi connectivity index (χ3v) is 5.05. The molecule has 10 heteroatoms. The van der Waals surface area contributed by atoms with Gasteiger partial charge in [-0.3, -0.25) is 4.79 Å². The molecule has 0 radical (unpaired) electrons. The Kier molecular flexibility index (Phi) is 6.80. The van der Waals surface area contributed by atoms with E-state index in [4.69, 9.17) is 34.7 Å². The molecular formula is C16H21Cl2FN6O. The number of amides is 1. The standard InChI is InChI=1S/C16H21Cl2FN6O/c1-3-8(17)12(18)7(2)11-13(15(21)26)24-16(25-14(11)20)23-10-4-5-22-6-9(10)19/h3,9-10,22H,4-6H2,1-2H3,(H2,21,26)(H3,20,23,24,25)/b8-3+,12-7-/t9-,10+/m0/s1. The zero-order valence-electron chi connectivity index (χ0n) is 14.4. The van der Waals surface area contributed by atoms with Crippen molar-refractivity contribution in [3.63, 3.8) is 0 Å². The summed E-state index contributed by atoms with van der Waals surface area (Å²) in [5.41, 5.74) is 12.0. The maximum absolute atomic E-state index is 14.0. The van der Waals surface area contributed by atoms with E-state index < -0.39 is 18.1 Å². The maximum Gasteiger partial charge on any atom is 0.268 e. The maximum atomic E-state index is 14.0. The molecule has 0 aliphatic carbocycles. The van der Waals surface area contributed by atoms with Gasteiger partial charge in [0.2, 0.25) is 5.95 Å². The molecule has 26 heavy (non-hydrogen) atoms. The summed E-state index contributed by atoms with van der Waals surface area (Å²) in [4.78, 5) is 20.2. The number of nitrogens with two attached hydrogens (primary N) is 2. The Morgan fingerprint density at radius 3 is 2.69 bits per heavy atom. The number of nitrogens with zero attached hydrogens (tertiary/aromatic N) is 2. The van der Waals surface area contributed by atoms with Crippen molar-refractivity contribution < 1.29 is 9.18 Å². The fourth-order valence-corrected chi connectivity index (χ4v) is 3.00. The van der Waals surface area contributed by atoms with Crippen molar-refractivity contribution in [1.29, 1.82) is 0 Å². The topological polar surface area (TPSA) is 119 Å². The minimum absolute atomic E-state index is 0.00291. The lowest BCUT2D eigenvalue weighted by Crippen LogP contribution is -2.45. The van der Waals surface area contributed by atoms with Crippen molar-refractivity contribution in [2.24, 2.45) is 5.73 Å². The monoisotopic (exact) mass is 402 g/mol. The summed E-state index contributed by atoms with van der Waals surface area (Å²) in [5, 5.41) is 6.33. The fourth-order valence-electron chi connectivity index (χ4n) is 2.66. The van der Waals surface area contributed by atoms with Crippen LogP contribution in [0, 0.1) is 0 Å². The Morgan fingerprint density at radius 2 is 2.12 bits per heavy atom. The SMILES string of the molecule is C/C=C(Cl)\C(Cl)=C(/C)c1c(N)nc(N[C@@H]2CCNC[C@@H]2F)nc1C(N)=O. The van der Waals surface area contributed by atoms with Crippen molar-refractivity contribution in [3.8, 4) is 0 Å². The number of nitrogen functional groups attached to an aromatic ring is 1. The first kappa shape index (κ1) is 20.4. The van der Waals surface area contributed by atoms with E-state index in [9.17, 15) is 9.18 Å². The normalized spacial score (nSPS) is 22.0. The highest BCUT2D eigenvalue weighted by atomic mass is 35.5. The molecule has 7 nitrogen and oxygen atoms in total. The molecule has 1 aliphatic heterocycles. The summed E-state index contributed by atoms with van der Waals surface area (Å²) < 4.78 is 14.0. The smallest absolute Gasteiger partial charge is 0.268 e. The average Bonchev–Trinajstić information content (AvgIpc) is 2.61. The van der Waals surface area contributed by atoms with E-state index >= 15 is 0 Å². The zero-order chi connectivity index (χ0) is 19.4. The molecule has 142 valence electrons. The Morgan fingerprint density at radius 1 is 1.42 bits per heavy atom. The lowest BCUT2D eigenvalue weighted by molar-refractivity contribution is 0.0995. The minimum Gasteiger partial charge on any atom is -0.383 e. The highest BCUT2D eigenvalue weighted by Gasteiger charge is 2.27. The van der Waals surface area contributed by atoms with Crippen LogP contribution >= 0.6 is 23.2 Å². The van der Waals surface area contributed by atoms with Crippen molar-refractivity contribution in [3.05, 3.63) is 27.4 Å². The van der Waals surface area contributed by atoms with Crippen LogP contribution in [0.5, 0.6) is 0 Å². The first-order valence-electron chi connectivity index (χ1n) is 8.03. The van der Waals surface area contributed by atoms with E-state index in [1.165, 1.54) is 0 Å². The molecule has 0 spiro atoms. The number of alkyl halides is 1. The van der Waals surface area contributed by atoms with Crippen LogP contribution in [-0.4, -0.2) is 41.2 Å². The van der Waals surface area contributed by atoms with Gasteiger partial charge < -0.3 is 22.1 Å². The second-order valence-electron chi connectivity index (χ2n) is 5.86. The molecule has 1 aromatic rings. The van der Waals surface area contributed by atoms with Gasteiger partial charge in [0.1, 0.15) is 17.7 Å². The Labute approximate surface area is 161 Å². The van der Waals surface area contributed by atoms with Crippen LogP contribution in [0.2, 0.25) is 0 Å². The summed E-state index contributed by atoms with van der Waals surface area (Å²) in [6, 6.07) is -0.486. The number of nitrogens with one attached hydrogen (secondary N) is 2. The number of allylic oxidation sites excluding steroid dienone is 4. The molecule has 1 amide bonds. The molecule has 0 saturated carbocycles. The minimum atomic E-state index is -1.12. The van der Waals surface area contributed by atoms with Crippen LogP contribution in [0.15, 0.2) is 16.1 Å². The van der Waals surface area contributed by atoms with Crippen LogP contribution in [0.3, 0.4) is 0 Å². The summed E-state index contributed by atoms with van der Waals surface area (Å²) in [5.74, 6) is -0.771. The van der Waals surface area contributed by atoms with Crippen molar-refractivity contribution in [2.45, 2.75) is 32.5 Å². The first-order valence-corrected chi connectivity index (χ1v) is 8.79. The largest absolute Gasteiger partial charge is 0.383 e. The molecule has 2 heterocycles. The third-order valence-electron chi connectivity index (χ3n) is 4.06. The second-order valence-corrected chi connectivity index (χ2v) is 6.64.